The molecule has 0 radical (unpaired) electrons. The van der Waals surface area contributed by atoms with Crippen molar-refractivity contribution in [3.63, 3.8) is 0 Å². The number of alkyl halides is 6. The van der Waals surface area contributed by atoms with Gasteiger partial charge in [0.1, 0.15) is 0 Å². The second-order valence-electron chi connectivity index (χ2n) is 4.71. The molecule has 2 aromatic carbocycles. The molecule has 9 heteroatoms. The van der Waals surface area contributed by atoms with Crippen LogP contribution in [-0.2, 0) is 12.4 Å². The van der Waals surface area contributed by atoms with E-state index in [1.165, 1.54) is 0 Å². The minimum Gasteiger partial charge on any atom is -0.288 e. The molecule has 0 aliphatic heterocycles. The van der Waals surface area contributed by atoms with E-state index in [4.69, 9.17) is 23.2 Å². The zero-order chi connectivity index (χ0) is 18.3. The zero-order valence-electron chi connectivity index (χ0n) is 11.4. The molecule has 0 aliphatic carbocycles. The Kier molecular flexibility index (Phi) is 4.88. The average Bonchev–Trinajstić information content (AvgIpc) is 2.45. The summed E-state index contributed by atoms with van der Waals surface area (Å²) in [5, 5.41) is -0.664. The summed E-state index contributed by atoms with van der Waals surface area (Å²) in [6, 6.07) is 3.96. The van der Waals surface area contributed by atoms with Crippen molar-refractivity contribution in [3.8, 4) is 0 Å². The van der Waals surface area contributed by atoms with Crippen molar-refractivity contribution in [2.24, 2.45) is 0 Å². The average molecular weight is 387 g/mol. The lowest BCUT2D eigenvalue weighted by molar-refractivity contribution is -0.138. The molecule has 0 spiro atoms. The van der Waals surface area contributed by atoms with Gasteiger partial charge in [-0.25, -0.2) is 0 Å². The quantitative estimate of drug-likeness (QED) is 0.439. The lowest BCUT2D eigenvalue weighted by Gasteiger charge is -2.12. The van der Waals surface area contributed by atoms with Crippen molar-refractivity contribution in [2.45, 2.75) is 12.4 Å². The maximum atomic E-state index is 12.7. The number of carbonyl (C=O) groups is 1. The highest BCUT2D eigenvalue weighted by Gasteiger charge is 2.34. The van der Waals surface area contributed by atoms with Gasteiger partial charge in [-0.3, -0.25) is 4.79 Å². The van der Waals surface area contributed by atoms with Gasteiger partial charge in [0.25, 0.3) is 0 Å². The molecule has 0 N–H and O–H groups in total. The van der Waals surface area contributed by atoms with Crippen LogP contribution >= 0.6 is 23.2 Å². The molecule has 0 unspecified atom stereocenters. The third-order valence-electron chi connectivity index (χ3n) is 3.08. The standard InChI is InChI=1S/C15H6Cl2F6O/c16-11-3-1-7(14(18,19)20)5-9(11)13(24)10-6-8(15(21,22)23)2-4-12(10)17/h1-6H. The molecule has 1 nitrogen and oxygen atoms in total. The molecule has 0 saturated heterocycles. The number of hydrogen-bond donors (Lipinski definition) is 0. The highest BCUT2D eigenvalue weighted by atomic mass is 35.5. The summed E-state index contributed by atoms with van der Waals surface area (Å²) >= 11 is 11.4. The fraction of sp³-hybridized carbons (Fsp3) is 0.133. The Hall–Kier alpha value is -1.73. The molecule has 2 aromatic rings. The molecule has 0 heterocycles. The van der Waals surface area contributed by atoms with Gasteiger partial charge in [0.2, 0.25) is 0 Å². The van der Waals surface area contributed by atoms with Crippen molar-refractivity contribution in [1.82, 2.24) is 0 Å². The number of carbonyl (C=O) groups excluding carboxylic acids is 1. The van der Waals surface area contributed by atoms with Crippen LogP contribution in [0.15, 0.2) is 36.4 Å². The van der Waals surface area contributed by atoms with Gasteiger partial charge in [-0.05, 0) is 36.4 Å². The number of benzene rings is 2. The topological polar surface area (TPSA) is 17.1 Å². The normalized spacial score (nSPS) is 12.3. The van der Waals surface area contributed by atoms with Crippen LogP contribution in [0.3, 0.4) is 0 Å². The monoisotopic (exact) mass is 386 g/mol. The molecule has 24 heavy (non-hydrogen) atoms. The van der Waals surface area contributed by atoms with E-state index in [1.807, 2.05) is 0 Å². The van der Waals surface area contributed by atoms with Crippen LogP contribution in [-0.4, -0.2) is 5.78 Å². The van der Waals surface area contributed by atoms with E-state index < -0.39 is 40.4 Å². The maximum absolute atomic E-state index is 12.7. The Morgan fingerprint density at radius 2 is 1.04 bits per heavy atom. The van der Waals surface area contributed by atoms with Crippen LogP contribution in [0, 0.1) is 0 Å². The first-order valence-corrected chi connectivity index (χ1v) is 6.95. The minimum absolute atomic E-state index is 0.332. The highest BCUT2D eigenvalue weighted by molar-refractivity contribution is 6.38. The first-order chi connectivity index (χ1) is 10.9. The minimum atomic E-state index is -4.74. The van der Waals surface area contributed by atoms with Crippen LogP contribution in [0.1, 0.15) is 27.0 Å². The second kappa shape index (κ2) is 6.29. The Labute approximate surface area is 141 Å². The summed E-state index contributed by atoms with van der Waals surface area (Å²) in [5.74, 6) is -1.14. The molecular formula is C15H6Cl2F6O. The molecule has 0 saturated carbocycles. The van der Waals surface area contributed by atoms with E-state index in [0.717, 1.165) is 12.1 Å². The highest BCUT2D eigenvalue weighted by Crippen LogP contribution is 2.35. The largest absolute Gasteiger partial charge is 0.416 e. The van der Waals surface area contributed by atoms with Crippen LogP contribution in [0.25, 0.3) is 0 Å². The Bertz CT molecular complexity index is 730. The van der Waals surface area contributed by atoms with E-state index in [1.54, 1.807) is 0 Å². The zero-order valence-corrected chi connectivity index (χ0v) is 12.9. The van der Waals surface area contributed by atoms with Crippen LogP contribution in [0.2, 0.25) is 10.0 Å². The SMILES string of the molecule is O=C(c1cc(C(F)(F)F)ccc1Cl)c1cc(C(F)(F)F)ccc1Cl. The van der Waals surface area contributed by atoms with E-state index in [2.05, 4.69) is 0 Å². The van der Waals surface area contributed by atoms with E-state index >= 15 is 0 Å². The number of ketones is 1. The molecular weight excluding hydrogens is 381 g/mol. The Morgan fingerprint density at radius 1 is 0.708 bits per heavy atom. The van der Waals surface area contributed by atoms with Crippen molar-refractivity contribution < 1.29 is 31.1 Å². The number of rotatable bonds is 2. The fourth-order valence-corrected chi connectivity index (χ4v) is 2.30. The lowest BCUT2D eigenvalue weighted by Crippen LogP contribution is -2.11. The van der Waals surface area contributed by atoms with Gasteiger partial charge in [-0.15, -0.1) is 0 Å². The van der Waals surface area contributed by atoms with Gasteiger partial charge < -0.3 is 0 Å². The molecule has 0 aliphatic rings. The Morgan fingerprint density at radius 3 is 1.33 bits per heavy atom. The van der Waals surface area contributed by atoms with Crippen molar-refractivity contribution >= 4 is 29.0 Å². The van der Waals surface area contributed by atoms with E-state index in [-0.39, 0.29) is 10.0 Å². The first kappa shape index (κ1) is 18.6. The van der Waals surface area contributed by atoms with Gasteiger partial charge in [0, 0.05) is 11.1 Å². The van der Waals surface area contributed by atoms with Crippen LogP contribution < -0.4 is 0 Å². The summed E-state index contributed by atoms with van der Waals surface area (Å²) in [5.41, 5.74) is -3.49. The maximum Gasteiger partial charge on any atom is 0.416 e. The summed E-state index contributed by atoms with van der Waals surface area (Å²) in [6.45, 7) is 0. The molecule has 0 fully saturated rings. The van der Waals surface area contributed by atoms with Crippen molar-refractivity contribution in [2.75, 3.05) is 0 Å². The fourth-order valence-electron chi connectivity index (χ4n) is 1.90. The van der Waals surface area contributed by atoms with E-state index in [9.17, 15) is 31.1 Å². The summed E-state index contributed by atoms with van der Waals surface area (Å²) in [4.78, 5) is 12.3. The second-order valence-corrected chi connectivity index (χ2v) is 5.53. The predicted octanol–water partition coefficient (Wildman–Crippen LogP) is 6.26. The third-order valence-corrected chi connectivity index (χ3v) is 3.74. The molecule has 2 rings (SSSR count). The number of hydrogen-bond acceptors (Lipinski definition) is 1. The summed E-state index contributed by atoms with van der Waals surface area (Å²) in [6.07, 6.45) is -9.48. The van der Waals surface area contributed by atoms with Gasteiger partial charge in [0.15, 0.2) is 5.78 Å². The van der Waals surface area contributed by atoms with Crippen molar-refractivity contribution in [1.29, 1.82) is 0 Å². The summed E-state index contributed by atoms with van der Waals surface area (Å²) in [7, 11) is 0. The van der Waals surface area contributed by atoms with Crippen molar-refractivity contribution in [3.05, 3.63) is 68.7 Å². The molecule has 0 bridgehead atoms. The summed E-state index contributed by atoms with van der Waals surface area (Å²) < 4.78 is 76.4. The Balaban J connectivity index is 2.57. The predicted molar refractivity (Wildman–Crippen MR) is 76.3 cm³/mol. The van der Waals surface area contributed by atoms with Gasteiger partial charge in [-0.1, -0.05) is 23.2 Å². The van der Waals surface area contributed by atoms with Crippen LogP contribution in [0.5, 0.6) is 0 Å². The van der Waals surface area contributed by atoms with Gasteiger partial charge in [-0.2, -0.15) is 26.3 Å². The molecule has 128 valence electrons. The number of halogens is 8. The molecule has 0 atom stereocenters. The van der Waals surface area contributed by atoms with E-state index in [0.29, 0.717) is 24.3 Å². The molecule has 0 aromatic heterocycles. The third kappa shape index (κ3) is 3.84. The van der Waals surface area contributed by atoms with Gasteiger partial charge in [0.05, 0.1) is 21.2 Å². The van der Waals surface area contributed by atoms with Crippen LogP contribution in [0.4, 0.5) is 26.3 Å². The molecule has 0 amide bonds. The van der Waals surface area contributed by atoms with Gasteiger partial charge >= 0.3 is 12.4 Å². The first-order valence-electron chi connectivity index (χ1n) is 6.19. The lowest BCUT2D eigenvalue weighted by atomic mass is 9.99. The smallest absolute Gasteiger partial charge is 0.288 e.